The molecule has 0 aromatic carbocycles. The third kappa shape index (κ3) is 4.78. The molecule has 0 unspecified atom stereocenters. The van der Waals surface area contributed by atoms with Crippen molar-refractivity contribution < 1.29 is 9.90 Å². The first-order valence-corrected chi connectivity index (χ1v) is 4.85. The molecule has 54 valence electrons. The van der Waals surface area contributed by atoms with Crippen LogP contribution in [0.4, 0.5) is 0 Å². The zero-order chi connectivity index (χ0) is 7.28. The average molecular weight is 213 g/mol. The van der Waals surface area contributed by atoms with Crippen molar-refractivity contribution in [2.45, 2.75) is 11.2 Å². The molecule has 0 amide bonds. The van der Waals surface area contributed by atoms with Gasteiger partial charge in [-0.1, -0.05) is 15.9 Å². The van der Waals surface area contributed by atoms with E-state index < -0.39 is 5.97 Å². The zero-order valence-corrected chi connectivity index (χ0v) is 7.54. The van der Waals surface area contributed by atoms with E-state index in [-0.39, 0.29) is 4.83 Å². The van der Waals surface area contributed by atoms with Crippen molar-refractivity contribution in [2.75, 3.05) is 12.0 Å². The second kappa shape index (κ2) is 5.11. The molecule has 0 heterocycles. The molecule has 0 saturated heterocycles. The fraction of sp³-hybridized carbons (Fsp3) is 0.800. The van der Waals surface area contributed by atoms with E-state index in [1.807, 2.05) is 6.26 Å². The standard InChI is InChI=1S/C5H9BrO2S/c1-9-3-2-4(6)5(7)8/h4H,2-3H2,1H3,(H,7,8)/t4-/m0/s1. The topological polar surface area (TPSA) is 37.3 Å². The number of thioether (sulfide) groups is 1. The van der Waals surface area contributed by atoms with Crippen LogP contribution in [0.3, 0.4) is 0 Å². The number of hydrogen-bond acceptors (Lipinski definition) is 2. The first-order chi connectivity index (χ1) is 4.18. The Morgan fingerprint density at radius 3 is 2.78 bits per heavy atom. The first-order valence-electron chi connectivity index (χ1n) is 2.54. The van der Waals surface area contributed by atoms with Gasteiger partial charge in [-0.25, -0.2) is 0 Å². The van der Waals surface area contributed by atoms with E-state index in [0.717, 1.165) is 5.75 Å². The van der Waals surface area contributed by atoms with Crippen molar-refractivity contribution >= 4 is 33.7 Å². The van der Waals surface area contributed by atoms with Gasteiger partial charge in [-0.2, -0.15) is 11.8 Å². The van der Waals surface area contributed by atoms with Gasteiger partial charge in [0, 0.05) is 0 Å². The van der Waals surface area contributed by atoms with E-state index in [0.29, 0.717) is 6.42 Å². The molecular weight excluding hydrogens is 204 g/mol. The lowest BCUT2D eigenvalue weighted by Crippen LogP contribution is -2.12. The van der Waals surface area contributed by atoms with Gasteiger partial charge < -0.3 is 5.11 Å². The Labute approximate surface area is 67.1 Å². The molecule has 2 nitrogen and oxygen atoms in total. The summed E-state index contributed by atoms with van der Waals surface area (Å²) in [7, 11) is 0. The van der Waals surface area contributed by atoms with Crippen molar-refractivity contribution in [1.82, 2.24) is 0 Å². The van der Waals surface area contributed by atoms with E-state index in [9.17, 15) is 4.79 Å². The number of halogens is 1. The summed E-state index contributed by atoms with van der Waals surface area (Å²) in [5.41, 5.74) is 0. The second-order valence-electron chi connectivity index (χ2n) is 1.59. The smallest absolute Gasteiger partial charge is 0.317 e. The monoisotopic (exact) mass is 212 g/mol. The number of carboxylic acids is 1. The van der Waals surface area contributed by atoms with E-state index >= 15 is 0 Å². The van der Waals surface area contributed by atoms with Crippen LogP contribution in [0.5, 0.6) is 0 Å². The molecule has 0 radical (unpaired) electrons. The Morgan fingerprint density at radius 2 is 2.44 bits per heavy atom. The summed E-state index contributed by atoms with van der Waals surface area (Å²) in [6, 6.07) is 0. The predicted molar refractivity (Wildman–Crippen MR) is 43.3 cm³/mol. The minimum atomic E-state index is -0.774. The molecule has 0 aliphatic carbocycles. The molecular formula is C5H9BrO2S. The van der Waals surface area contributed by atoms with Crippen molar-refractivity contribution in [1.29, 1.82) is 0 Å². The molecule has 0 saturated carbocycles. The number of carbonyl (C=O) groups is 1. The molecule has 1 atom stereocenters. The van der Waals surface area contributed by atoms with Crippen LogP contribution in [0.25, 0.3) is 0 Å². The van der Waals surface area contributed by atoms with Crippen molar-refractivity contribution in [2.24, 2.45) is 0 Å². The quantitative estimate of drug-likeness (QED) is 0.720. The van der Waals surface area contributed by atoms with Crippen LogP contribution in [0, 0.1) is 0 Å². The van der Waals surface area contributed by atoms with Crippen LogP contribution < -0.4 is 0 Å². The normalized spacial score (nSPS) is 13.1. The number of hydrogen-bond donors (Lipinski definition) is 1. The summed E-state index contributed by atoms with van der Waals surface area (Å²) >= 11 is 4.68. The van der Waals surface area contributed by atoms with Gasteiger partial charge >= 0.3 is 5.97 Å². The number of aliphatic carboxylic acids is 1. The molecule has 0 spiro atoms. The Bertz CT molecular complexity index is 97.0. The second-order valence-corrected chi connectivity index (χ2v) is 3.68. The number of carboxylic acid groups (broad SMARTS) is 1. The maximum absolute atomic E-state index is 10.1. The van der Waals surface area contributed by atoms with E-state index in [4.69, 9.17) is 5.11 Å². The fourth-order valence-electron chi connectivity index (χ4n) is 0.345. The summed E-state index contributed by atoms with van der Waals surface area (Å²) in [5, 5.41) is 8.35. The number of rotatable bonds is 4. The van der Waals surface area contributed by atoms with Crippen LogP contribution in [0.2, 0.25) is 0 Å². The van der Waals surface area contributed by atoms with Crippen LogP contribution in [0.15, 0.2) is 0 Å². The van der Waals surface area contributed by atoms with Crippen molar-refractivity contribution in [3.8, 4) is 0 Å². The summed E-state index contributed by atoms with van der Waals surface area (Å²) in [6.45, 7) is 0. The van der Waals surface area contributed by atoms with E-state index in [1.54, 1.807) is 11.8 Å². The van der Waals surface area contributed by atoms with Gasteiger partial charge in [0.15, 0.2) is 0 Å². The highest BCUT2D eigenvalue weighted by molar-refractivity contribution is 9.10. The third-order valence-electron chi connectivity index (χ3n) is 0.843. The van der Waals surface area contributed by atoms with Gasteiger partial charge in [-0.3, -0.25) is 4.79 Å². The number of alkyl halides is 1. The van der Waals surface area contributed by atoms with Gasteiger partial charge in [0.25, 0.3) is 0 Å². The average Bonchev–Trinajstić information content (AvgIpc) is 1.82. The predicted octanol–water partition coefficient (Wildman–Crippen LogP) is 1.59. The molecule has 0 aromatic rings. The minimum Gasteiger partial charge on any atom is -0.480 e. The maximum atomic E-state index is 10.1. The summed E-state index contributed by atoms with van der Waals surface area (Å²) in [5.74, 6) is 0.117. The van der Waals surface area contributed by atoms with Crippen LogP contribution in [-0.2, 0) is 4.79 Å². The molecule has 0 rings (SSSR count). The van der Waals surface area contributed by atoms with Crippen LogP contribution >= 0.6 is 27.7 Å². The molecule has 4 heteroatoms. The van der Waals surface area contributed by atoms with Gasteiger partial charge in [0.2, 0.25) is 0 Å². The Kier molecular flexibility index (Phi) is 5.28. The molecule has 0 bridgehead atoms. The summed E-state index contributed by atoms with van der Waals surface area (Å²) in [6.07, 6.45) is 2.65. The molecule has 1 N–H and O–H groups in total. The van der Waals surface area contributed by atoms with Crippen LogP contribution in [0.1, 0.15) is 6.42 Å². The molecule has 0 fully saturated rings. The lowest BCUT2D eigenvalue weighted by Gasteiger charge is -2.00. The molecule has 0 aliphatic heterocycles. The Morgan fingerprint density at radius 1 is 1.89 bits per heavy atom. The molecule has 0 aliphatic rings. The highest BCUT2D eigenvalue weighted by Crippen LogP contribution is 2.08. The SMILES string of the molecule is CSCC[C@H](Br)C(=O)O. The summed E-state index contributed by atoms with van der Waals surface area (Å²) in [4.78, 5) is 9.78. The van der Waals surface area contributed by atoms with Gasteiger partial charge in [-0.15, -0.1) is 0 Å². The highest BCUT2D eigenvalue weighted by atomic mass is 79.9. The van der Waals surface area contributed by atoms with E-state index in [2.05, 4.69) is 15.9 Å². The lowest BCUT2D eigenvalue weighted by atomic mass is 10.3. The molecule has 9 heavy (non-hydrogen) atoms. The highest BCUT2D eigenvalue weighted by Gasteiger charge is 2.10. The van der Waals surface area contributed by atoms with Crippen LogP contribution in [-0.4, -0.2) is 27.9 Å². The Balaban J connectivity index is 3.27. The lowest BCUT2D eigenvalue weighted by molar-refractivity contribution is -0.136. The third-order valence-corrected chi connectivity index (χ3v) is 2.34. The Hall–Kier alpha value is 0.300. The van der Waals surface area contributed by atoms with E-state index in [1.165, 1.54) is 0 Å². The minimum absolute atomic E-state index is 0.370. The first kappa shape index (κ1) is 9.30. The van der Waals surface area contributed by atoms with Gasteiger partial charge in [0.05, 0.1) is 0 Å². The van der Waals surface area contributed by atoms with Crippen molar-refractivity contribution in [3.63, 3.8) is 0 Å². The fourth-order valence-corrected chi connectivity index (χ4v) is 1.35. The van der Waals surface area contributed by atoms with Gasteiger partial charge in [-0.05, 0) is 18.4 Å². The van der Waals surface area contributed by atoms with Crippen molar-refractivity contribution in [3.05, 3.63) is 0 Å². The zero-order valence-electron chi connectivity index (χ0n) is 5.13. The largest absolute Gasteiger partial charge is 0.480 e. The van der Waals surface area contributed by atoms with Gasteiger partial charge in [0.1, 0.15) is 4.83 Å². The molecule has 0 aromatic heterocycles. The summed E-state index contributed by atoms with van der Waals surface area (Å²) < 4.78 is 0. The maximum Gasteiger partial charge on any atom is 0.317 e.